The third-order valence-corrected chi connectivity index (χ3v) is 8.71. The maximum absolute atomic E-state index is 11.9. The summed E-state index contributed by atoms with van der Waals surface area (Å²) in [7, 11) is -1.98. The molecule has 0 fully saturated rings. The van der Waals surface area contributed by atoms with Crippen LogP contribution in [0.15, 0.2) is 24.3 Å². The first-order valence-corrected chi connectivity index (χ1v) is 12.0. The van der Waals surface area contributed by atoms with Gasteiger partial charge in [0.25, 0.3) is 0 Å². The molecule has 5 heteroatoms. The van der Waals surface area contributed by atoms with Gasteiger partial charge in [-0.2, -0.15) is 0 Å². The number of aliphatic hydroxyl groups is 1. The van der Waals surface area contributed by atoms with Crippen LogP contribution < -0.4 is 0 Å². The average molecular weight is 371 g/mol. The lowest BCUT2D eigenvalue weighted by atomic mass is 10.1. The molecule has 2 atom stereocenters. The summed E-state index contributed by atoms with van der Waals surface area (Å²) in [4.78, 5) is 11.9. The Bertz CT molecular complexity index is 467. The normalized spacial score (nSPS) is 16.4. The minimum atomic E-state index is -1.98. The second-order valence-electron chi connectivity index (χ2n) is 9.01. The lowest BCUT2D eigenvalue weighted by molar-refractivity contribution is -0.157. The number of ether oxygens (including phenoxy) is 1. The van der Waals surface area contributed by atoms with Crippen LogP contribution in [0.25, 0.3) is 0 Å². The molecule has 0 aromatic heterocycles. The van der Waals surface area contributed by atoms with Gasteiger partial charge in [-0.3, -0.25) is 4.79 Å². The number of esters is 1. The molecule has 0 bridgehead atoms. The summed E-state index contributed by atoms with van der Waals surface area (Å²) in [5.41, 5.74) is -0.542. The Hall–Kier alpha value is -0.913. The quantitative estimate of drug-likeness (QED) is 0.371. The summed E-state index contributed by atoms with van der Waals surface area (Å²) in [6.45, 7) is 18.3. The Labute approximate surface area is 155 Å². The van der Waals surface area contributed by atoms with Crippen molar-refractivity contribution in [2.24, 2.45) is 0 Å². The van der Waals surface area contributed by atoms with Gasteiger partial charge in [-0.05, 0) is 45.8 Å². The first-order valence-electron chi connectivity index (χ1n) is 9.05. The van der Waals surface area contributed by atoms with Crippen LogP contribution in [0.5, 0.6) is 0 Å². The highest BCUT2D eigenvalue weighted by Gasteiger charge is 2.39. The molecule has 0 saturated carbocycles. The molecule has 4 nitrogen and oxygen atoms in total. The van der Waals surface area contributed by atoms with E-state index >= 15 is 0 Å². The van der Waals surface area contributed by atoms with Crippen molar-refractivity contribution in [3.05, 3.63) is 24.3 Å². The first-order chi connectivity index (χ1) is 11.2. The van der Waals surface area contributed by atoms with Crippen LogP contribution in [0, 0.1) is 0 Å². The molecule has 0 aliphatic carbocycles. The van der Waals surface area contributed by atoms with Gasteiger partial charge in [0, 0.05) is 6.42 Å². The smallest absolute Gasteiger partial charge is 0.308 e. The zero-order chi connectivity index (χ0) is 19.9. The van der Waals surface area contributed by atoms with Gasteiger partial charge >= 0.3 is 5.97 Å². The summed E-state index contributed by atoms with van der Waals surface area (Å²) in [5, 5.41) is 10.4. The summed E-state index contributed by atoms with van der Waals surface area (Å²) >= 11 is 0. The molecule has 0 spiro atoms. The molecule has 0 radical (unpaired) electrons. The van der Waals surface area contributed by atoms with Gasteiger partial charge < -0.3 is 14.3 Å². The fourth-order valence-corrected chi connectivity index (χ4v) is 3.23. The van der Waals surface area contributed by atoms with E-state index in [-0.39, 0.29) is 23.5 Å². The minimum absolute atomic E-state index is 0.0217. The topological polar surface area (TPSA) is 55.8 Å². The summed E-state index contributed by atoms with van der Waals surface area (Å²) < 4.78 is 11.7. The Morgan fingerprint density at radius 2 is 1.68 bits per heavy atom. The Morgan fingerprint density at radius 1 is 1.12 bits per heavy atom. The van der Waals surface area contributed by atoms with E-state index in [4.69, 9.17) is 9.16 Å². The zero-order valence-electron chi connectivity index (χ0n) is 17.6. The van der Waals surface area contributed by atoms with Crippen LogP contribution in [-0.4, -0.2) is 37.2 Å². The number of rotatable bonds is 8. The van der Waals surface area contributed by atoms with Crippen LogP contribution >= 0.6 is 0 Å². The highest BCUT2D eigenvalue weighted by atomic mass is 28.4. The maximum Gasteiger partial charge on any atom is 0.308 e. The Balaban J connectivity index is 4.98. The molecule has 0 aromatic carbocycles. The van der Waals surface area contributed by atoms with Gasteiger partial charge in [0.05, 0.1) is 18.6 Å². The minimum Gasteiger partial charge on any atom is -0.460 e. The van der Waals surface area contributed by atoms with E-state index in [1.807, 2.05) is 52.0 Å². The summed E-state index contributed by atoms with van der Waals surface area (Å²) in [6, 6.07) is 0. The number of carbonyl (C=O) groups is 1. The van der Waals surface area contributed by atoms with Crippen molar-refractivity contribution in [3.8, 4) is 0 Å². The standard InChI is InChI=1S/C20H38O4Si/c1-10-11-12-13-17(24-25(8,9)20(5,6)7)14-16(21)15-18(22)23-19(2,3)4/h10-13,16-17,21H,14-15H2,1-9H3/b11-10+,13-12+/t16-,17-/m1/s1. The number of hydrogen-bond acceptors (Lipinski definition) is 4. The van der Waals surface area contributed by atoms with Gasteiger partial charge in [0.15, 0.2) is 8.32 Å². The third-order valence-electron chi connectivity index (χ3n) is 4.21. The molecule has 0 amide bonds. The first kappa shape index (κ1) is 24.1. The summed E-state index contributed by atoms with van der Waals surface area (Å²) in [6.07, 6.45) is 7.09. The van der Waals surface area contributed by atoms with Crippen LogP contribution in [0.1, 0.15) is 61.3 Å². The van der Waals surface area contributed by atoms with E-state index in [2.05, 4.69) is 33.9 Å². The molecule has 25 heavy (non-hydrogen) atoms. The zero-order valence-corrected chi connectivity index (χ0v) is 18.6. The predicted octanol–water partition coefficient (Wildman–Crippen LogP) is 4.99. The molecule has 0 unspecified atom stereocenters. The largest absolute Gasteiger partial charge is 0.460 e. The van der Waals surface area contributed by atoms with Crippen LogP contribution in [0.3, 0.4) is 0 Å². The number of allylic oxidation sites excluding steroid dienone is 3. The predicted molar refractivity (Wildman–Crippen MR) is 107 cm³/mol. The SMILES string of the molecule is C/C=C/C=C/[C@H](C[C@@H](O)CC(=O)OC(C)(C)C)O[Si](C)(C)C(C)(C)C. The van der Waals surface area contributed by atoms with E-state index < -0.39 is 20.0 Å². The van der Waals surface area contributed by atoms with E-state index in [9.17, 15) is 9.90 Å². The second kappa shape index (κ2) is 9.69. The monoisotopic (exact) mass is 370 g/mol. The van der Waals surface area contributed by atoms with Crippen molar-refractivity contribution in [1.82, 2.24) is 0 Å². The van der Waals surface area contributed by atoms with Gasteiger partial charge in [-0.15, -0.1) is 0 Å². The molecular weight excluding hydrogens is 332 g/mol. The van der Waals surface area contributed by atoms with Crippen molar-refractivity contribution < 1.29 is 19.1 Å². The second-order valence-corrected chi connectivity index (χ2v) is 13.8. The Kier molecular flexibility index (Phi) is 9.34. The molecule has 0 aliphatic rings. The van der Waals surface area contributed by atoms with E-state index in [0.29, 0.717) is 6.42 Å². The van der Waals surface area contributed by atoms with Gasteiger partial charge in [0.1, 0.15) is 5.60 Å². The fourth-order valence-electron chi connectivity index (χ4n) is 1.95. The highest BCUT2D eigenvalue weighted by Crippen LogP contribution is 2.38. The van der Waals surface area contributed by atoms with Crippen LogP contribution in [0.4, 0.5) is 0 Å². The number of carbonyl (C=O) groups excluding carboxylic acids is 1. The van der Waals surface area contributed by atoms with E-state index in [1.165, 1.54) is 0 Å². The maximum atomic E-state index is 11.9. The molecule has 0 aliphatic heterocycles. The van der Waals surface area contributed by atoms with Crippen molar-refractivity contribution in [1.29, 1.82) is 0 Å². The molecule has 0 rings (SSSR count). The number of hydrogen-bond donors (Lipinski definition) is 1. The molecule has 146 valence electrons. The van der Waals surface area contributed by atoms with Gasteiger partial charge in [0.2, 0.25) is 0 Å². The van der Waals surface area contributed by atoms with Crippen LogP contribution in [0.2, 0.25) is 18.1 Å². The lowest BCUT2D eigenvalue weighted by Crippen LogP contribution is -2.44. The van der Waals surface area contributed by atoms with Crippen molar-refractivity contribution in [2.75, 3.05) is 0 Å². The molecule has 0 aromatic rings. The highest BCUT2D eigenvalue weighted by molar-refractivity contribution is 6.74. The van der Waals surface area contributed by atoms with E-state index in [1.54, 1.807) is 0 Å². The molecule has 0 heterocycles. The van der Waals surface area contributed by atoms with Crippen molar-refractivity contribution in [3.63, 3.8) is 0 Å². The number of aliphatic hydroxyl groups excluding tert-OH is 1. The lowest BCUT2D eigenvalue weighted by Gasteiger charge is -2.39. The van der Waals surface area contributed by atoms with Crippen LogP contribution in [-0.2, 0) is 14.0 Å². The van der Waals surface area contributed by atoms with E-state index in [0.717, 1.165) is 0 Å². The summed E-state index contributed by atoms with van der Waals surface area (Å²) in [5.74, 6) is -0.386. The molecule has 0 saturated heterocycles. The third kappa shape index (κ3) is 10.6. The fraction of sp³-hybridized carbons (Fsp3) is 0.750. The van der Waals surface area contributed by atoms with Crippen molar-refractivity contribution in [2.45, 2.75) is 97.2 Å². The average Bonchev–Trinajstić information content (AvgIpc) is 2.34. The van der Waals surface area contributed by atoms with Crippen molar-refractivity contribution >= 4 is 14.3 Å². The Morgan fingerprint density at radius 3 is 2.12 bits per heavy atom. The molecule has 1 N–H and O–H groups in total. The van der Waals surface area contributed by atoms with Gasteiger partial charge in [-0.1, -0.05) is 45.1 Å². The molecular formula is C20H38O4Si. The van der Waals surface area contributed by atoms with Gasteiger partial charge in [-0.25, -0.2) is 0 Å².